The molecule has 0 unspecified atom stereocenters. The molecule has 0 aliphatic carbocycles. The zero-order valence-corrected chi connectivity index (χ0v) is 16.5. The summed E-state index contributed by atoms with van der Waals surface area (Å²) in [7, 11) is 0. The van der Waals surface area contributed by atoms with Gasteiger partial charge in [-0.15, -0.1) is 0 Å². The number of carbonyl (C=O) groups is 3. The van der Waals surface area contributed by atoms with Crippen molar-refractivity contribution in [1.29, 1.82) is 0 Å². The molecule has 0 atom stereocenters. The van der Waals surface area contributed by atoms with E-state index in [4.69, 9.17) is 4.74 Å². The Balaban J connectivity index is 0. The van der Waals surface area contributed by atoms with E-state index < -0.39 is 17.9 Å². The number of nitrogens with zero attached hydrogens (tertiary/aromatic N) is 1. The second kappa shape index (κ2) is 13.8. The molecule has 1 aliphatic heterocycles. The Morgan fingerprint density at radius 3 is 1.83 bits per heavy atom. The molecule has 6 heteroatoms. The molecule has 23 heavy (non-hydrogen) atoms. The molecule has 126 valence electrons. The maximum atomic E-state index is 11.5. The van der Waals surface area contributed by atoms with Gasteiger partial charge in [0.1, 0.15) is 0 Å². The van der Waals surface area contributed by atoms with E-state index in [1.165, 1.54) is 44.9 Å². The van der Waals surface area contributed by atoms with Crippen LogP contribution < -0.4 is 29.6 Å². The third kappa shape index (κ3) is 9.28. The van der Waals surface area contributed by atoms with Crippen molar-refractivity contribution < 1.29 is 50.1 Å². The Kier molecular flexibility index (Phi) is 13.4. The molecule has 1 aliphatic rings. The summed E-state index contributed by atoms with van der Waals surface area (Å²) < 4.78 is 4.94. The zero-order valence-electron chi connectivity index (χ0n) is 15.5. The Labute approximate surface area is 162 Å². The van der Waals surface area contributed by atoms with Crippen molar-refractivity contribution in [3.8, 4) is 0 Å². The molecule has 1 rings (SSSR count). The number of unbranched alkanes of at least 4 members (excludes halogenated alkanes) is 9. The van der Waals surface area contributed by atoms with Gasteiger partial charge in [0.15, 0.2) is 0 Å². The molecule has 0 bridgehead atoms. The quantitative estimate of drug-likeness (QED) is 0.322. The monoisotopic (exact) mass is 333 g/mol. The Hall–Kier alpha value is -0.650. The van der Waals surface area contributed by atoms with Crippen LogP contribution >= 0.6 is 0 Å². The molecule has 0 radical (unpaired) electrons. The van der Waals surface area contributed by atoms with E-state index in [0.717, 1.165) is 31.4 Å². The van der Waals surface area contributed by atoms with Gasteiger partial charge in [0.25, 0.3) is 11.8 Å². The minimum atomic E-state index is -0.865. The molecule has 5 nitrogen and oxygen atoms in total. The van der Waals surface area contributed by atoms with Gasteiger partial charge in [0.05, 0.1) is 6.61 Å². The van der Waals surface area contributed by atoms with Crippen LogP contribution in [0.1, 0.15) is 72.6 Å². The van der Waals surface area contributed by atoms with Gasteiger partial charge < -0.3 is 6.16 Å². The smallest absolute Gasteiger partial charge is 1.00 e. The van der Waals surface area contributed by atoms with Gasteiger partial charge in [-0.1, -0.05) is 64.7 Å². The summed E-state index contributed by atoms with van der Waals surface area (Å²) in [6, 6.07) is 0. The predicted octanol–water partition coefficient (Wildman–Crippen LogP) is 1.09. The van der Waals surface area contributed by atoms with Crippen LogP contribution in [-0.2, 0) is 14.3 Å². The summed E-state index contributed by atoms with van der Waals surface area (Å²) in [5.74, 6) is -1.25. The first-order valence-corrected chi connectivity index (χ1v) is 8.39. The van der Waals surface area contributed by atoms with Gasteiger partial charge in [-0.3, -0.25) is 9.59 Å². The Morgan fingerprint density at radius 1 is 0.913 bits per heavy atom. The molecule has 0 aromatic heterocycles. The predicted molar refractivity (Wildman–Crippen MR) is 85.3 cm³/mol. The second-order valence-corrected chi connectivity index (χ2v) is 5.64. The average molecular weight is 333 g/mol. The third-order valence-corrected chi connectivity index (χ3v) is 3.72. The molecule has 1 heterocycles. The molecular formula is C17H28NNaO4. The van der Waals surface area contributed by atoms with E-state index >= 15 is 0 Å². The maximum Gasteiger partial charge on any atom is 1.00 e. The number of hydrogen-bond donors (Lipinski definition) is 0. The SMILES string of the molecule is CCCCCCCCCCCCOC(=O)N1C(=O)C=CC1=O.[H-].[Na+]. The van der Waals surface area contributed by atoms with Crippen molar-refractivity contribution in [2.75, 3.05) is 6.61 Å². The number of hydrogen-bond acceptors (Lipinski definition) is 4. The van der Waals surface area contributed by atoms with Crippen LogP contribution in [0.15, 0.2) is 12.2 Å². The van der Waals surface area contributed by atoms with E-state index in [1.807, 2.05) is 0 Å². The molecule has 0 saturated heterocycles. The molecule has 0 fully saturated rings. The van der Waals surface area contributed by atoms with Crippen molar-refractivity contribution in [3.05, 3.63) is 12.2 Å². The first-order valence-electron chi connectivity index (χ1n) is 8.39. The number of carbonyl (C=O) groups excluding carboxylic acids is 3. The van der Waals surface area contributed by atoms with Crippen LogP contribution in [0.25, 0.3) is 0 Å². The second-order valence-electron chi connectivity index (χ2n) is 5.64. The fourth-order valence-corrected chi connectivity index (χ4v) is 2.39. The van der Waals surface area contributed by atoms with Crippen molar-refractivity contribution in [2.45, 2.75) is 71.1 Å². The largest absolute Gasteiger partial charge is 1.00 e. The number of ether oxygens (including phenoxy) is 1. The normalized spacial score (nSPS) is 13.3. The Bertz CT molecular complexity index is 397. The molecule has 0 saturated carbocycles. The summed E-state index contributed by atoms with van der Waals surface area (Å²) in [6.07, 6.45) is 13.3. The van der Waals surface area contributed by atoms with E-state index in [1.54, 1.807) is 0 Å². The molecule has 0 spiro atoms. The van der Waals surface area contributed by atoms with Crippen molar-refractivity contribution in [3.63, 3.8) is 0 Å². The van der Waals surface area contributed by atoms with Crippen LogP contribution in [0.3, 0.4) is 0 Å². The fraction of sp³-hybridized carbons (Fsp3) is 0.706. The van der Waals surface area contributed by atoms with E-state index in [-0.39, 0.29) is 37.6 Å². The van der Waals surface area contributed by atoms with Crippen molar-refractivity contribution in [2.24, 2.45) is 0 Å². The van der Waals surface area contributed by atoms with E-state index in [2.05, 4.69) is 6.92 Å². The van der Waals surface area contributed by atoms with Crippen LogP contribution in [0.4, 0.5) is 4.79 Å². The molecule has 3 amide bonds. The van der Waals surface area contributed by atoms with Crippen LogP contribution in [0, 0.1) is 0 Å². The summed E-state index contributed by atoms with van der Waals surface area (Å²) in [5, 5.41) is 0. The number of imide groups is 3. The third-order valence-electron chi connectivity index (χ3n) is 3.72. The van der Waals surface area contributed by atoms with Gasteiger partial charge in [-0.05, 0) is 6.42 Å². The summed E-state index contributed by atoms with van der Waals surface area (Å²) >= 11 is 0. The van der Waals surface area contributed by atoms with Gasteiger partial charge in [0.2, 0.25) is 0 Å². The van der Waals surface area contributed by atoms with Crippen LogP contribution in [0.5, 0.6) is 0 Å². The zero-order chi connectivity index (χ0) is 16.2. The topological polar surface area (TPSA) is 63.7 Å². The molecule has 0 N–H and O–H groups in total. The van der Waals surface area contributed by atoms with Gasteiger partial charge >= 0.3 is 35.7 Å². The Morgan fingerprint density at radius 2 is 1.35 bits per heavy atom. The molecule has 0 aromatic rings. The molecular weight excluding hydrogens is 305 g/mol. The van der Waals surface area contributed by atoms with E-state index in [0.29, 0.717) is 4.90 Å². The fourth-order valence-electron chi connectivity index (χ4n) is 2.39. The van der Waals surface area contributed by atoms with Crippen LogP contribution in [0.2, 0.25) is 0 Å². The van der Waals surface area contributed by atoms with Gasteiger partial charge in [0, 0.05) is 12.2 Å². The summed E-state index contributed by atoms with van der Waals surface area (Å²) in [6.45, 7) is 2.48. The van der Waals surface area contributed by atoms with E-state index in [9.17, 15) is 14.4 Å². The van der Waals surface area contributed by atoms with Gasteiger partial charge in [-0.25, -0.2) is 4.79 Å². The average Bonchev–Trinajstić information content (AvgIpc) is 2.83. The van der Waals surface area contributed by atoms with Gasteiger partial charge in [-0.2, -0.15) is 4.90 Å². The number of amides is 3. The summed E-state index contributed by atoms with van der Waals surface area (Å²) in [4.78, 5) is 34.6. The minimum Gasteiger partial charge on any atom is -1.00 e. The molecule has 0 aromatic carbocycles. The van der Waals surface area contributed by atoms with Crippen molar-refractivity contribution in [1.82, 2.24) is 4.90 Å². The minimum absolute atomic E-state index is 0. The first kappa shape index (κ1) is 22.4. The standard InChI is InChI=1S/C17H27NO4.Na.H/c1-2-3-4-5-6-7-8-9-10-11-14-22-17(21)18-15(19)12-13-16(18)20;;/h12-13H,2-11,14H2,1H3;;/q;+1;-1. The summed E-state index contributed by atoms with van der Waals surface area (Å²) in [5.41, 5.74) is 0. The first-order chi connectivity index (χ1) is 10.7. The van der Waals surface area contributed by atoms with Crippen LogP contribution in [-0.4, -0.2) is 29.4 Å². The number of rotatable bonds is 11. The maximum absolute atomic E-state index is 11.5. The van der Waals surface area contributed by atoms with Crippen molar-refractivity contribution >= 4 is 17.9 Å².